The van der Waals surface area contributed by atoms with Crippen molar-refractivity contribution in [2.24, 2.45) is 17.8 Å². The van der Waals surface area contributed by atoms with E-state index in [1.165, 1.54) is 38.5 Å². The maximum Gasteiger partial charge on any atom is 0.0629 e. The summed E-state index contributed by atoms with van der Waals surface area (Å²) in [5.41, 5.74) is 0.0876. The van der Waals surface area contributed by atoms with Gasteiger partial charge in [0.15, 0.2) is 0 Å². The normalized spacial score (nSPS) is 26.5. The zero-order valence-electron chi connectivity index (χ0n) is 12.6. The third-order valence-corrected chi connectivity index (χ3v) is 4.09. The second-order valence-corrected chi connectivity index (χ2v) is 6.91. The van der Waals surface area contributed by atoms with E-state index in [4.69, 9.17) is 4.74 Å². The number of hydrogen-bond donors (Lipinski definition) is 0. The fraction of sp³-hybridized carbons (Fsp3) is 1.00. The summed E-state index contributed by atoms with van der Waals surface area (Å²) in [7, 11) is 0. The van der Waals surface area contributed by atoms with Crippen LogP contribution in [0.3, 0.4) is 0 Å². The minimum absolute atomic E-state index is 0.0876. The van der Waals surface area contributed by atoms with Crippen molar-refractivity contribution in [3.05, 3.63) is 0 Å². The highest BCUT2D eigenvalue weighted by molar-refractivity contribution is 4.79. The number of rotatable bonds is 6. The Morgan fingerprint density at radius 1 is 1.06 bits per heavy atom. The van der Waals surface area contributed by atoms with Gasteiger partial charge >= 0.3 is 0 Å². The van der Waals surface area contributed by atoms with Gasteiger partial charge in [0.1, 0.15) is 0 Å². The Kier molecular flexibility index (Phi) is 5.99. The molecular weight excluding hydrogens is 208 g/mol. The summed E-state index contributed by atoms with van der Waals surface area (Å²) in [5, 5.41) is 0. The van der Waals surface area contributed by atoms with Crippen LogP contribution in [0.1, 0.15) is 73.1 Å². The molecule has 0 heterocycles. The SMILES string of the molecule is CCOC(C)(C)CC1CCC(CC(C)C)CC1. The van der Waals surface area contributed by atoms with Crippen LogP contribution < -0.4 is 0 Å². The molecule has 0 unspecified atom stereocenters. The molecule has 1 nitrogen and oxygen atoms in total. The van der Waals surface area contributed by atoms with E-state index < -0.39 is 0 Å². The van der Waals surface area contributed by atoms with Crippen molar-refractivity contribution in [2.75, 3.05) is 6.61 Å². The molecular formula is C16H32O. The summed E-state index contributed by atoms with van der Waals surface area (Å²) < 4.78 is 5.82. The lowest BCUT2D eigenvalue weighted by Gasteiger charge is -2.34. The predicted octanol–water partition coefficient (Wildman–Crippen LogP) is 5.04. The molecule has 0 spiro atoms. The van der Waals surface area contributed by atoms with Crippen molar-refractivity contribution in [3.63, 3.8) is 0 Å². The Hall–Kier alpha value is -0.0400. The quantitative estimate of drug-likeness (QED) is 0.631. The summed E-state index contributed by atoms with van der Waals surface area (Å²) in [6.07, 6.45) is 8.43. The van der Waals surface area contributed by atoms with Gasteiger partial charge in [0.25, 0.3) is 0 Å². The molecule has 0 N–H and O–H groups in total. The summed E-state index contributed by atoms with van der Waals surface area (Å²) >= 11 is 0. The van der Waals surface area contributed by atoms with E-state index in [0.29, 0.717) is 0 Å². The number of hydrogen-bond acceptors (Lipinski definition) is 1. The molecule has 1 fully saturated rings. The van der Waals surface area contributed by atoms with Crippen molar-refractivity contribution in [1.29, 1.82) is 0 Å². The second kappa shape index (κ2) is 6.78. The first-order valence-electron chi connectivity index (χ1n) is 7.57. The van der Waals surface area contributed by atoms with Gasteiger partial charge in [0, 0.05) is 6.61 Å². The van der Waals surface area contributed by atoms with Crippen molar-refractivity contribution in [3.8, 4) is 0 Å². The molecule has 0 aromatic rings. The first-order chi connectivity index (χ1) is 7.93. The molecule has 1 heteroatoms. The molecule has 1 aliphatic carbocycles. The zero-order chi connectivity index (χ0) is 12.9. The Morgan fingerprint density at radius 3 is 2.06 bits per heavy atom. The summed E-state index contributed by atoms with van der Waals surface area (Å²) in [5.74, 6) is 2.78. The fourth-order valence-electron chi connectivity index (χ4n) is 3.48. The van der Waals surface area contributed by atoms with Crippen LogP contribution in [0.2, 0.25) is 0 Å². The van der Waals surface area contributed by atoms with Crippen molar-refractivity contribution < 1.29 is 4.74 Å². The smallest absolute Gasteiger partial charge is 0.0629 e. The Labute approximate surface area is 108 Å². The second-order valence-electron chi connectivity index (χ2n) is 6.91. The van der Waals surface area contributed by atoms with Crippen LogP contribution in [0.5, 0.6) is 0 Å². The molecule has 1 rings (SSSR count). The van der Waals surface area contributed by atoms with Gasteiger partial charge in [0.2, 0.25) is 0 Å². The lowest BCUT2D eigenvalue weighted by molar-refractivity contribution is -0.0323. The lowest BCUT2D eigenvalue weighted by Crippen LogP contribution is -2.29. The topological polar surface area (TPSA) is 9.23 Å². The molecule has 0 aromatic carbocycles. The van der Waals surface area contributed by atoms with E-state index in [2.05, 4.69) is 34.6 Å². The Bertz CT molecular complexity index is 200. The van der Waals surface area contributed by atoms with Crippen LogP contribution in [-0.2, 0) is 4.74 Å². The average Bonchev–Trinajstić information content (AvgIpc) is 2.19. The zero-order valence-corrected chi connectivity index (χ0v) is 12.6. The lowest BCUT2D eigenvalue weighted by atomic mass is 9.75. The standard InChI is InChI=1S/C16H32O/c1-6-17-16(4,5)12-15-9-7-14(8-10-15)11-13(2)3/h13-15H,6-12H2,1-5H3. The van der Waals surface area contributed by atoms with E-state index in [9.17, 15) is 0 Å². The van der Waals surface area contributed by atoms with Crippen LogP contribution in [-0.4, -0.2) is 12.2 Å². The highest BCUT2D eigenvalue weighted by atomic mass is 16.5. The molecule has 102 valence electrons. The molecule has 0 amide bonds. The van der Waals surface area contributed by atoms with Gasteiger partial charge in [0.05, 0.1) is 5.60 Å². The van der Waals surface area contributed by atoms with Crippen LogP contribution >= 0.6 is 0 Å². The van der Waals surface area contributed by atoms with Crippen molar-refractivity contribution in [2.45, 2.75) is 78.7 Å². The van der Waals surface area contributed by atoms with E-state index in [-0.39, 0.29) is 5.60 Å². The van der Waals surface area contributed by atoms with Gasteiger partial charge < -0.3 is 4.74 Å². The van der Waals surface area contributed by atoms with Crippen LogP contribution in [0.15, 0.2) is 0 Å². The molecule has 1 aliphatic rings. The molecule has 0 bridgehead atoms. The largest absolute Gasteiger partial charge is 0.376 e. The molecule has 0 atom stereocenters. The minimum Gasteiger partial charge on any atom is -0.376 e. The van der Waals surface area contributed by atoms with Gasteiger partial charge in [-0.15, -0.1) is 0 Å². The molecule has 0 aromatic heterocycles. The third-order valence-electron chi connectivity index (χ3n) is 4.09. The average molecular weight is 240 g/mol. The summed E-state index contributed by atoms with van der Waals surface area (Å²) in [6, 6.07) is 0. The Balaban J connectivity index is 2.27. The van der Waals surface area contributed by atoms with E-state index in [1.54, 1.807) is 0 Å². The van der Waals surface area contributed by atoms with Crippen molar-refractivity contribution >= 4 is 0 Å². The maximum absolute atomic E-state index is 5.82. The van der Waals surface area contributed by atoms with Gasteiger partial charge in [-0.25, -0.2) is 0 Å². The van der Waals surface area contributed by atoms with E-state index in [1.807, 2.05) is 0 Å². The van der Waals surface area contributed by atoms with Crippen LogP contribution in [0.4, 0.5) is 0 Å². The summed E-state index contributed by atoms with van der Waals surface area (Å²) in [4.78, 5) is 0. The molecule has 0 aliphatic heterocycles. The van der Waals surface area contributed by atoms with Gasteiger partial charge in [-0.05, 0) is 51.4 Å². The highest BCUT2D eigenvalue weighted by Crippen LogP contribution is 2.37. The minimum atomic E-state index is 0.0876. The van der Waals surface area contributed by atoms with Gasteiger partial charge in [-0.2, -0.15) is 0 Å². The van der Waals surface area contributed by atoms with Crippen LogP contribution in [0, 0.1) is 17.8 Å². The maximum atomic E-state index is 5.82. The van der Waals surface area contributed by atoms with Crippen molar-refractivity contribution in [1.82, 2.24) is 0 Å². The van der Waals surface area contributed by atoms with E-state index in [0.717, 1.165) is 24.4 Å². The Morgan fingerprint density at radius 2 is 1.59 bits per heavy atom. The molecule has 0 saturated heterocycles. The fourth-order valence-corrected chi connectivity index (χ4v) is 3.48. The summed E-state index contributed by atoms with van der Waals surface area (Å²) in [6.45, 7) is 12.1. The van der Waals surface area contributed by atoms with Gasteiger partial charge in [-0.3, -0.25) is 0 Å². The number of ether oxygens (including phenoxy) is 1. The van der Waals surface area contributed by atoms with E-state index >= 15 is 0 Å². The first kappa shape index (κ1) is 15.0. The molecule has 17 heavy (non-hydrogen) atoms. The third kappa shape index (κ3) is 5.90. The van der Waals surface area contributed by atoms with Gasteiger partial charge in [-0.1, -0.05) is 39.5 Å². The molecule has 1 saturated carbocycles. The molecule has 0 radical (unpaired) electrons. The monoisotopic (exact) mass is 240 g/mol. The highest BCUT2D eigenvalue weighted by Gasteiger charge is 2.27. The van der Waals surface area contributed by atoms with Crippen LogP contribution in [0.25, 0.3) is 0 Å². The first-order valence-corrected chi connectivity index (χ1v) is 7.57. The predicted molar refractivity (Wildman–Crippen MR) is 75.2 cm³/mol.